The smallest absolute Gasteiger partial charge is 0.196 e. The lowest BCUT2D eigenvalue weighted by Gasteiger charge is -2.15. The number of hydrogen-bond acceptors (Lipinski definition) is 3. The molecule has 1 aromatic rings. The molecule has 0 radical (unpaired) electrons. The molecule has 1 unspecified atom stereocenters. The summed E-state index contributed by atoms with van der Waals surface area (Å²) in [6, 6.07) is 1.19. The summed E-state index contributed by atoms with van der Waals surface area (Å²) in [5, 5.41) is 2.47. The van der Waals surface area contributed by atoms with Gasteiger partial charge in [-0.3, -0.25) is 0 Å². The van der Waals surface area contributed by atoms with Gasteiger partial charge in [-0.25, -0.2) is 21.6 Å². The van der Waals surface area contributed by atoms with Gasteiger partial charge < -0.3 is 5.32 Å². The first-order chi connectivity index (χ1) is 7.70. The van der Waals surface area contributed by atoms with Crippen molar-refractivity contribution in [2.75, 3.05) is 17.3 Å². The van der Waals surface area contributed by atoms with Crippen molar-refractivity contribution in [1.82, 2.24) is 0 Å². The highest BCUT2D eigenvalue weighted by Gasteiger charge is 2.16. The molecule has 0 aliphatic heterocycles. The van der Waals surface area contributed by atoms with Gasteiger partial charge in [0.05, 0.1) is 11.4 Å². The van der Waals surface area contributed by atoms with Gasteiger partial charge in [-0.2, -0.15) is 0 Å². The molecular formula is C10H12F3NO2S. The summed E-state index contributed by atoms with van der Waals surface area (Å²) in [7, 11) is -3.23. The zero-order valence-electron chi connectivity index (χ0n) is 9.30. The molecule has 0 heterocycles. The standard InChI is InChI=1S/C10H12F3NO2S/c1-6(5-17(2,15)16)14-8-4-3-7(11)9(12)10(8)13/h3-4,6,14H,5H2,1-2H3. The van der Waals surface area contributed by atoms with E-state index in [1.165, 1.54) is 6.92 Å². The van der Waals surface area contributed by atoms with Crippen LogP contribution in [-0.4, -0.2) is 26.5 Å². The van der Waals surface area contributed by atoms with Gasteiger partial charge in [-0.1, -0.05) is 0 Å². The molecule has 96 valence electrons. The van der Waals surface area contributed by atoms with Gasteiger partial charge in [0.15, 0.2) is 17.5 Å². The summed E-state index contributed by atoms with van der Waals surface area (Å²) in [6.07, 6.45) is 1.03. The number of benzene rings is 1. The second-order valence-electron chi connectivity index (χ2n) is 3.86. The second kappa shape index (κ2) is 4.95. The first-order valence-corrected chi connectivity index (χ1v) is 6.84. The minimum Gasteiger partial charge on any atom is -0.379 e. The lowest BCUT2D eigenvalue weighted by atomic mass is 10.2. The maximum absolute atomic E-state index is 13.2. The van der Waals surface area contributed by atoms with Crippen molar-refractivity contribution in [3.63, 3.8) is 0 Å². The summed E-state index contributed by atoms with van der Waals surface area (Å²) < 4.78 is 60.7. The number of hydrogen-bond donors (Lipinski definition) is 1. The topological polar surface area (TPSA) is 46.2 Å². The molecule has 0 aliphatic carbocycles. The van der Waals surface area contributed by atoms with Crippen molar-refractivity contribution in [1.29, 1.82) is 0 Å². The molecule has 7 heteroatoms. The van der Waals surface area contributed by atoms with Gasteiger partial charge in [0.2, 0.25) is 0 Å². The minimum atomic E-state index is -3.23. The Morgan fingerprint density at radius 1 is 1.24 bits per heavy atom. The Morgan fingerprint density at radius 2 is 1.82 bits per heavy atom. The third-order valence-electron chi connectivity index (χ3n) is 1.99. The third kappa shape index (κ3) is 3.92. The number of anilines is 1. The molecule has 0 aliphatic rings. The molecule has 0 saturated heterocycles. The Bertz CT molecular complexity index is 517. The molecule has 0 spiro atoms. The average molecular weight is 267 g/mol. The Hall–Kier alpha value is -1.24. The highest BCUT2D eigenvalue weighted by molar-refractivity contribution is 7.90. The van der Waals surface area contributed by atoms with Gasteiger partial charge in [-0.05, 0) is 19.1 Å². The number of nitrogens with one attached hydrogen (secondary N) is 1. The van der Waals surface area contributed by atoms with Crippen LogP contribution in [0.2, 0.25) is 0 Å². The largest absolute Gasteiger partial charge is 0.379 e. The second-order valence-corrected chi connectivity index (χ2v) is 6.05. The average Bonchev–Trinajstić information content (AvgIpc) is 2.16. The minimum absolute atomic E-state index is 0.231. The molecule has 0 bridgehead atoms. The van der Waals surface area contributed by atoms with Crippen LogP contribution in [0, 0.1) is 17.5 Å². The van der Waals surface area contributed by atoms with Gasteiger partial charge in [0, 0.05) is 12.3 Å². The Kier molecular flexibility index (Phi) is 4.03. The van der Waals surface area contributed by atoms with Crippen LogP contribution in [-0.2, 0) is 9.84 Å². The number of sulfone groups is 1. The predicted octanol–water partition coefficient (Wildman–Crippen LogP) is 1.95. The van der Waals surface area contributed by atoms with Gasteiger partial charge in [-0.15, -0.1) is 0 Å². The summed E-state index contributed by atoms with van der Waals surface area (Å²) in [5.74, 6) is -4.46. The van der Waals surface area contributed by atoms with Gasteiger partial charge in [0.25, 0.3) is 0 Å². The molecule has 1 N–H and O–H groups in total. The highest BCUT2D eigenvalue weighted by atomic mass is 32.2. The van der Waals surface area contributed by atoms with Crippen LogP contribution in [0.15, 0.2) is 12.1 Å². The van der Waals surface area contributed by atoms with E-state index in [1.807, 2.05) is 0 Å². The molecular weight excluding hydrogens is 255 g/mol. The van der Waals surface area contributed by atoms with E-state index >= 15 is 0 Å². The van der Waals surface area contributed by atoms with Crippen LogP contribution in [0.25, 0.3) is 0 Å². The van der Waals surface area contributed by atoms with E-state index in [-0.39, 0.29) is 11.4 Å². The highest BCUT2D eigenvalue weighted by Crippen LogP contribution is 2.20. The molecule has 1 rings (SSSR count). The maximum Gasteiger partial charge on any atom is 0.196 e. The molecule has 0 fully saturated rings. The molecule has 0 aromatic heterocycles. The van der Waals surface area contributed by atoms with E-state index < -0.39 is 33.3 Å². The van der Waals surface area contributed by atoms with E-state index in [0.29, 0.717) is 0 Å². The van der Waals surface area contributed by atoms with Gasteiger partial charge >= 0.3 is 0 Å². The quantitative estimate of drug-likeness (QED) is 0.848. The van der Waals surface area contributed by atoms with E-state index in [0.717, 1.165) is 18.4 Å². The lowest BCUT2D eigenvalue weighted by Crippen LogP contribution is -2.25. The van der Waals surface area contributed by atoms with Crippen molar-refractivity contribution in [3.05, 3.63) is 29.6 Å². The fraction of sp³-hybridized carbons (Fsp3) is 0.400. The molecule has 3 nitrogen and oxygen atoms in total. The van der Waals surface area contributed by atoms with E-state index in [1.54, 1.807) is 0 Å². The van der Waals surface area contributed by atoms with Crippen LogP contribution in [0.3, 0.4) is 0 Å². The van der Waals surface area contributed by atoms with Crippen molar-refractivity contribution >= 4 is 15.5 Å². The predicted molar refractivity (Wildman–Crippen MR) is 59.1 cm³/mol. The fourth-order valence-electron chi connectivity index (χ4n) is 1.40. The van der Waals surface area contributed by atoms with Crippen LogP contribution in [0.4, 0.5) is 18.9 Å². The number of halogens is 3. The molecule has 0 amide bonds. The van der Waals surface area contributed by atoms with E-state index in [4.69, 9.17) is 0 Å². The van der Waals surface area contributed by atoms with Gasteiger partial charge in [0.1, 0.15) is 9.84 Å². The fourth-order valence-corrected chi connectivity index (χ4v) is 2.39. The van der Waals surface area contributed by atoms with E-state index in [2.05, 4.69) is 5.32 Å². The third-order valence-corrected chi connectivity index (χ3v) is 3.10. The zero-order chi connectivity index (χ0) is 13.2. The SMILES string of the molecule is CC(CS(C)(=O)=O)Nc1ccc(F)c(F)c1F. The Balaban J connectivity index is 2.86. The zero-order valence-corrected chi connectivity index (χ0v) is 10.1. The summed E-state index contributed by atoms with van der Waals surface area (Å²) in [6.45, 7) is 1.50. The van der Waals surface area contributed by atoms with Crippen LogP contribution >= 0.6 is 0 Å². The molecule has 17 heavy (non-hydrogen) atoms. The normalized spacial score (nSPS) is 13.5. The molecule has 1 aromatic carbocycles. The van der Waals surface area contributed by atoms with Crippen LogP contribution in [0.5, 0.6) is 0 Å². The van der Waals surface area contributed by atoms with Crippen molar-refractivity contribution < 1.29 is 21.6 Å². The monoisotopic (exact) mass is 267 g/mol. The van der Waals surface area contributed by atoms with E-state index in [9.17, 15) is 21.6 Å². The van der Waals surface area contributed by atoms with Crippen LogP contribution in [0.1, 0.15) is 6.92 Å². The summed E-state index contributed by atoms with van der Waals surface area (Å²) in [5.41, 5.74) is -0.264. The summed E-state index contributed by atoms with van der Waals surface area (Å²) >= 11 is 0. The van der Waals surface area contributed by atoms with Crippen molar-refractivity contribution in [2.45, 2.75) is 13.0 Å². The maximum atomic E-state index is 13.2. The molecule has 1 atom stereocenters. The summed E-state index contributed by atoms with van der Waals surface area (Å²) in [4.78, 5) is 0. The van der Waals surface area contributed by atoms with Crippen LogP contribution < -0.4 is 5.32 Å². The van der Waals surface area contributed by atoms with Crippen molar-refractivity contribution in [2.24, 2.45) is 0 Å². The van der Waals surface area contributed by atoms with Crippen molar-refractivity contribution in [3.8, 4) is 0 Å². The number of rotatable bonds is 4. The first-order valence-electron chi connectivity index (χ1n) is 4.78. The first kappa shape index (κ1) is 13.8. The lowest BCUT2D eigenvalue weighted by molar-refractivity contribution is 0.448. The Morgan fingerprint density at radius 3 is 2.35 bits per heavy atom. The molecule has 0 saturated carbocycles. The Labute approximate surface area is 97.6 Å².